The van der Waals surface area contributed by atoms with E-state index in [9.17, 15) is 9.67 Å². The van der Waals surface area contributed by atoms with Gasteiger partial charge in [0.2, 0.25) is 5.75 Å². The average molecular weight is 450 g/mol. The third-order valence-corrected chi connectivity index (χ3v) is 7.47. The second kappa shape index (κ2) is 9.07. The van der Waals surface area contributed by atoms with E-state index in [1.807, 2.05) is 39.8 Å². The molecule has 1 fully saturated rings. The molecule has 2 heterocycles. The maximum absolute atomic E-state index is 13.8. The summed E-state index contributed by atoms with van der Waals surface area (Å²) < 4.78 is 36.1. The second-order valence-corrected chi connectivity index (χ2v) is 10.7. The minimum Gasteiger partial charge on any atom is -0.502 e. The summed E-state index contributed by atoms with van der Waals surface area (Å²) in [6.07, 6.45) is 0. The molecular formula is C22H31N2O6P. The van der Waals surface area contributed by atoms with E-state index in [1.165, 1.54) is 14.2 Å². The number of nitrogens with one attached hydrogen (secondary N) is 1. The molecule has 0 aliphatic carbocycles. The SMILES string of the molecule is COc1cc(C(CNc2ccc(C)nc2C)P2(=O)OCC(C)(C)CO2)cc(OC)c1O. The highest BCUT2D eigenvalue weighted by molar-refractivity contribution is 7.54. The van der Waals surface area contributed by atoms with Gasteiger partial charge in [0.1, 0.15) is 5.66 Å². The Hall–Kier alpha value is -2.28. The van der Waals surface area contributed by atoms with Crippen molar-refractivity contribution in [2.45, 2.75) is 33.4 Å². The number of phenols is 1. The first-order chi connectivity index (χ1) is 14.6. The molecule has 9 heteroatoms. The zero-order valence-corrected chi connectivity index (χ0v) is 19.8. The van der Waals surface area contributed by atoms with Crippen molar-refractivity contribution < 1.29 is 28.2 Å². The second-order valence-electron chi connectivity index (χ2n) is 8.51. The number of phenolic OH excluding ortho intramolecular Hbond substituents is 1. The molecule has 0 bridgehead atoms. The van der Waals surface area contributed by atoms with Gasteiger partial charge >= 0.3 is 7.60 Å². The normalized spacial score (nSPS) is 18.3. The first-order valence-electron chi connectivity index (χ1n) is 10.1. The standard InChI is InChI=1S/C22H31N2O6P/c1-14-7-8-17(15(2)24-14)23-11-20(31(26)29-12-22(3,4)13-30-31)16-9-18(27-5)21(25)19(10-16)28-6/h7-10,20,23,25H,11-13H2,1-6H3. The Labute approximate surface area is 183 Å². The fourth-order valence-electron chi connectivity index (χ4n) is 3.39. The van der Waals surface area contributed by atoms with Gasteiger partial charge in [-0.25, -0.2) is 0 Å². The number of aryl methyl sites for hydroxylation is 2. The lowest BCUT2D eigenvalue weighted by Gasteiger charge is -2.37. The Kier molecular flexibility index (Phi) is 6.84. The van der Waals surface area contributed by atoms with Gasteiger partial charge in [-0.2, -0.15) is 0 Å². The van der Waals surface area contributed by atoms with Crippen LogP contribution in [-0.2, 0) is 13.6 Å². The van der Waals surface area contributed by atoms with E-state index in [-0.39, 0.29) is 29.2 Å². The van der Waals surface area contributed by atoms with Crippen LogP contribution in [0.2, 0.25) is 0 Å². The minimum atomic E-state index is -3.54. The number of pyridine rings is 1. The van der Waals surface area contributed by atoms with Gasteiger partial charge in [0.25, 0.3) is 0 Å². The van der Waals surface area contributed by atoms with E-state index >= 15 is 0 Å². The molecule has 1 aliphatic rings. The molecule has 0 radical (unpaired) electrons. The van der Waals surface area contributed by atoms with E-state index in [4.69, 9.17) is 18.5 Å². The van der Waals surface area contributed by atoms with E-state index in [0.717, 1.165) is 17.1 Å². The number of anilines is 1. The monoisotopic (exact) mass is 450 g/mol. The molecule has 1 saturated heterocycles. The van der Waals surface area contributed by atoms with E-state index < -0.39 is 13.3 Å². The van der Waals surface area contributed by atoms with Gasteiger partial charge in [-0.3, -0.25) is 9.55 Å². The number of benzene rings is 1. The zero-order valence-electron chi connectivity index (χ0n) is 18.9. The van der Waals surface area contributed by atoms with Crippen LogP contribution in [0.25, 0.3) is 0 Å². The van der Waals surface area contributed by atoms with Gasteiger partial charge in [0.15, 0.2) is 11.5 Å². The zero-order chi connectivity index (χ0) is 22.8. The Morgan fingerprint density at radius 1 is 1.16 bits per heavy atom. The molecule has 1 aliphatic heterocycles. The Balaban J connectivity index is 1.99. The van der Waals surface area contributed by atoms with Gasteiger partial charge in [-0.05, 0) is 43.7 Å². The van der Waals surface area contributed by atoms with Gasteiger partial charge in [0, 0.05) is 17.7 Å². The molecule has 31 heavy (non-hydrogen) atoms. The summed E-state index contributed by atoms with van der Waals surface area (Å²) in [5, 5.41) is 13.6. The van der Waals surface area contributed by atoms with Crippen LogP contribution in [0.15, 0.2) is 24.3 Å². The predicted molar refractivity (Wildman–Crippen MR) is 119 cm³/mol. The fourth-order valence-corrected chi connectivity index (χ4v) is 5.71. The van der Waals surface area contributed by atoms with E-state index in [0.29, 0.717) is 18.8 Å². The lowest BCUT2D eigenvalue weighted by Crippen LogP contribution is -2.31. The molecule has 2 aromatic rings. The number of nitrogens with zero attached hydrogens (tertiary/aromatic N) is 1. The van der Waals surface area contributed by atoms with Gasteiger partial charge in [-0.1, -0.05) is 13.8 Å². The van der Waals surface area contributed by atoms with Crippen molar-refractivity contribution >= 4 is 13.3 Å². The summed E-state index contributed by atoms with van der Waals surface area (Å²) in [5.74, 6) is 0.317. The molecule has 2 N–H and O–H groups in total. The van der Waals surface area contributed by atoms with Gasteiger partial charge in [-0.15, -0.1) is 0 Å². The number of aromatic hydroxyl groups is 1. The first kappa shape index (κ1) is 23.4. The molecule has 3 rings (SSSR count). The number of rotatable bonds is 7. The summed E-state index contributed by atoms with van der Waals surface area (Å²) in [6.45, 7) is 8.74. The third kappa shape index (κ3) is 5.14. The smallest absolute Gasteiger partial charge is 0.339 e. The van der Waals surface area contributed by atoms with Gasteiger partial charge in [0.05, 0.1) is 38.8 Å². The van der Waals surface area contributed by atoms with Crippen molar-refractivity contribution in [3.8, 4) is 17.2 Å². The largest absolute Gasteiger partial charge is 0.502 e. The fraction of sp³-hybridized carbons (Fsp3) is 0.500. The first-order valence-corrected chi connectivity index (χ1v) is 11.7. The molecule has 1 unspecified atom stereocenters. The van der Waals surface area contributed by atoms with Crippen LogP contribution in [0.1, 0.15) is 36.5 Å². The van der Waals surface area contributed by atoms with Crippen LogP contribution < -0.4 is 14.8 Å². The van der Waals surface area contributed by atoms with Crippen molar-refractivity contribution in [1.29, 1.82) is 0 Å². The number of aromatic nitrogens is 1. The molecule has 0 spiro atoms. The molecule has 0 amide bonds. The van der Waals surface area contributed by atoms with Crippen molar-refractivity contribution in [2.75, 3.05) is 39.3 Å². The number of ether oxygens (including phenoxy) is 2. The summed E-state index contributed by atoms with van der Waals surface area (Å²) in [7, 11) is -0.639. The molecule has 8 nitrogen and oxygen atoms in total. The van der Waals surface area contributed by atoms with Crippen LogP contribution in [0.3, 0.4) is 0 Å². The molecule has 0 saturated carbocycles. The highest BCUT2D eigenvalue weighted by Crippen LogP contribution is 2.64. The Bertz CT molecular complexity index is 955. The van der Waals surface area contributed by atoms with Crippen molar-refractivity contribution in [3.63, 3.8) is 0 Å². The average Bonchev–Trinajstić information content (AvgIpc) is 2.73. The Morgan fingerprint density at radius 2 is 1.74 bits per heavy atom. The van der Waals surface area contributed by atoms with E-state index in [1.54, 1.807) is 12.1 Å². The maximum Gasteiger partial charge on any atom is 0.339 e. The third-order valence-electron chi connectivity index (χ3n) is 5.25. The van der Waals surface area contributed by atoms with Crippen LogP contribution >= 0.6 is 7.60 Å². The lowest BCUT2D eigenvalue weighted by atomic mass is 9.97. The maximum atomic E-state index is 13.8. The predicted octanol–water partition coefficient (Wildman–Crippen LogP) is 4.84. The molecular weight excluding hydrogens is 419 g/mol. The molecule has 1 aromatic heterocycles. The summed E-state index contributed by atoms with van der Waals surface area (Å²) in [4.78, 5) is 4.47. The van der Waals surface area contributed by atoms with Crippen LogP contribution in [0.4, 0.5) is 5.69 Å². The van der Waals surface area contributed by atoms with Crippen LogP contribution in [-0.4, -0.2) is 44.1 Å². The van der Waals surface area contributed by atoms with Crippen molar-refractivity contribution in [1.82, 2.24) is 4.98 Å². The van der Waals surface area contributed by atoms with Crippen molar-refractivity contribution in [2.24, 2.45) is 5.41 Å². The highest BCUT2D eigenvalue weighted by atomic mass is 31.2. The van der Waals surface area contributed by atoms with Gasteiger partial charge < -0.3 is 28.9 Å². The highest BCUT2D eigenvalue weighted by Gasteiger charge is 2.44. The number of hydrogen-bond donors (Lipinski definition) is 2. The summed E-state index contributed by atoms with van der Waals surface area (Å²) >= 11 is 0. The van der Waals surface area contributed by atoms with Crippen molar-refractivity contribution in [3.05, 3.63) is 41.2 Å². The molecule has 1 aromatic carbocycles. The van der Waals surface area contributed by atoms with Crippen LogP contribution in [0, 0.1) is 19.3 Å². The quantitative estimate of drug-likeness (QED) is 0.578. The van der Waals surface area contributed by atoms with Crippen LogP contribution in [0.5, 0.6) is 17.2 Å². The summed E-state index contributed by atoms with van der Waals surface area (Å²) in [6, 6.07) is 7.12. The Morgan fingerprint density at radius 3 is 2.26 bits per heavy atom. The number of methoxy groups -OCH3 is 2. The molecule has 1 atom stereocenters. The minimum absolute atomic E-state index is 0.121. The van der Waals surface area contributed by atoms with E-state index in [2.05, 4.69) is 10.3 Å². The summed E-state index contributed by atoms with van der Waals surface area (Å²) in [5.41, 5.74) is 2.31. The number of hydrogen-bond acceptors (Lipinski definition) is 8. The molecule has 170 valence electrons. The topological polar surface area (TPSA) is 99.1 Å². The lowest BCUT2D eigenvalue weighted by molar-refractivity contribution is 0.0382.